The van der Waals surface area contributed by atoms with E-state index in [0.29, 0.717) is 12.0 Å². The topological polar surface area (TPSA) is 32.8 Å². The summed E-state index contributed by atoms with van der Waals surface area (Å²) in [4.78, 5) is 19.0. The van der Waals surface area contributed by atoms with Crippen molar-refractivity contribution in [3.63, 3.8) is 0 Å². The molecule has 0 aromatic carbocycles. The van der Waals surface area contributed by atoms with E-state index in [9.17, 15) is 4.79 Å². The third-order valence-electron chi connectivity index (χ3n) is 5.32. The molecule has 1 aromatic heterocycles. The van der Waals surface area contributed by atoms with Crippen molar-refractivity contribution in [1.29, 1.82) is 0 Å². The SMILES string of the molecule is CN1C[C@H]2COC[C@@H]1CN(C(=O)c1csc3c1CCCC3)C2. The number of aryl methyl sites for hydroxylation is 1. The summed E-state index contributed by atoms with van der Waals surface area (Å²) in [5, 5.41) is 2.11. The highest BCUT2D eigenvalue weighted by atomic mass is 32.1. The van der Waals surface area contributed by atoms with E-state index in [1.807, 2.05) is 0 Å². The van der Waals surface area contributed by atoms with E-state index >= 15 is 0 Å². The second kappa shape index (κ2) is 5.95. The number of thiophene rings is 1. The second-order valence-electron chi connectivity index (χ2n) is 6.97. The fraction of sp³-hybridized carbons (Fsp3) is 0.706. The van der Waals surface area contributed by atoms with Crippen molar-refractivity contribution in [2.75, 3.05) is 39.9 Å². The molecule has 5 heteroatoms. The summed E-state index contributed by atoms with van der Waals surface area (Å²) < 4.78 is 5.76. The maximum atomic E-state index is 13.1. The van der Waals surface area contributed by atoms with E-state index in [0.717, 1.165) is 51.3 Å². The van der Waals surface area contributed by atoms with Crippen LogP contribution in [0.4, 0.5) is 0 Å². The first kappa shape index (κ1) is 14.7. The van der Waals surface area contributed by atoms with Crippen LogP contribution < -0.4 is 0 Å². The van der Waals surface area contributed by atoms with Crippen LogP contribution in [-0.2, 0) is 17.6 Å². The molecule has 0 N–H and O–H groups in total. The van der Waals surface area contributed by atoms with Gasteiger partial charge in [0.05, 0.1) is 24.8 Å². The van der Waals surface area contributed by atoms with Crippen LogP contribution in [0.5, 0.6) is 0 Å². The molecule has 4 rings (SSSR count). The third-order valence-corrected chi connectivity index (χ3v) is 6.41. The number of carbonyl (C=O) groups excluding carboxylic acids is 1. The lowest BCUT2D eigenvalue weighted by Gasteiger charge is -2.30. The molecule has 0 spiro atoms. The average Bonchev–Trinajstić information content (AvgIpc) is 2.76. The first-order chi connectivity index (χ1) is 10.7. The van der Waals surface area contributed by atoms with Gasteiger partial charge in [-0.25, -0.2) is 0 Å². The van der Waals surface area contributed by atoms with E-state index in [4.69, 9.17) is 4.74 Å². The number of amides is 1. The summed E-state index contributed by atoms with van der Waals surface area (Å²) >= 11 is 1.79. The van der Waals surface area contributed by atoms with E-state index in [1.165, 1.54) is 23.3 Å². The number of carbonyl (C=O) groups is 1. The Morgan fingerprint density at radius 2 is 2.09 bits per heavy atom. The van der Waals surface area contributed by atoms with Crippen LogP contribution >= 0.6 is 11.3 Å². The molecule has 2 fully saturated rings. The zero-order valence-electron chi connectivity index (χ0n) is 13.2. The van der Waals surface area contributed by atoms with Gasteiger partial charge in [-0.1, -0.05) is 0 Å². The molecule has 120 valence electrons. The summed E-state index contributed by atoms with van der Waals surface area (Å²) in [5.41, 5.74) is 2.34. The number of rotatable bonds is 1. The van der Waals surface area contributed by atoms with E-state index in [2.05, 4.69) is 22.2 Å². The normalized spacial score (nSPS) is 29.0. The number of likely N-dealkylation sites (N-methyl/N-ethyl adjacent to an activating group) is 1. The first-order valence-electron chi connectivity index (χ1n) is 8.39. The zero-order chi connectivity index (χ0) is 15.1. The Balaban J connectivity index is 1.59. The van der Waals surface area contributed by atoms with Crippen molar-refractivity contribution in [3.8, 4) is 0 Å². The molecule has 0 unspecified atom stereocenters. The van der Waals surface area contributed by atoms with Crippen molar-refractivity contribution in [2.24, 2.45) is 5.92 Å². The van der Waals surface area contributed by atoms with Crippen LogP contribution in [0, 0.1) is 5.92 Å². The quantitative estimate of drug-likeness (QED) is 0.794. The lowest BCUT2D eigenvalue weighted by Crippen LogP contribution is -2.44. The summed E-state index contributed by atoms with van der Waals surface area (Å²) in [6, 6.07) is 0.339. The van der Waals surface area contributed by atoms with Crippen molar-refractivity contribution < 1.29 is 9.53 Å². The Labute approximate surface area is 136 Å². The van der Waals surface area contributed by atoms with Gasteiger partial charge in [0.2, 0.25) is 0 Å². The van der Waals surface area contributed by atoms with Gasteiger partial charge < -0.3 is 9.64 Å². The van der Waals surface area contributed by atoms with E-state index in [1.54, 1.807) is 11.3 Å². The highest BCUT2D eigenvalue weighted by Crippen LogP contribution is 2.31. The van der Waals surface area contributed by atoms with Crippen molar-refractivity contribution in [3.05, 3.63) is 21.4 Å². The molecule has 2 bridgehead atoms. The molecule has 22 heavy (non-hydrogen) atoms. The van der Waals surface area contributed by atoms with Gasteiger partial charge in [-0.3, -0.25) is 9.69 Å². The molecule has 3 heterocycles. The van der Waals surface area contributed by atoms with Gasteiger partial charge in [0.25, 0.3) is 5.91 Å². The smallest absolute Gasteiger partial charge is 0.255 e. The minimum absolute atomic E-state index is 0.256. The zero-order valence-corrected chi connectivity index (χ0v) is 14.0. The van der Waals surface area contributed by atoms with E-state index < -0.39 is 0 Å². The Morgan fingerprint density at radius 1 is 1.23 bits per heavy atom. The molecule has 2 atom stereocenters. The van der Waals surface area contributed by atoms with Gasteiger partial charge in [0.15, 0.2) is 0 Å². The second-order valence-corrected chi connectivity index (χ2v) is 7.93. The van der Waals surface area contributed by atoms with E-state index in [-0.39, 0.29) is 5.91 Å². The average molecular weight is 320 g/mol. The van der Waals surface area contributed by atoms with Gasteiger partial charge in [-0.15, -0.1) is 11.3 Å². The monoisotopic (exact) mass is 320 g/mol. The third kappa shape index (κ3) is 2.59. The molecule has 2 aliphatic heterocycles. The van der Waals surface area contributed by atoms with Crippen LogP contribution in [0.2, 0.25) is 0 Å². The maximum absolute atomic E-state index is 13.1. The Kier molecular flexibility index (Phi) is 3.96. The van der Waals surface area contributed by atoms with Gasteiger partial charge in [-0.2, -0.15) is 0 Å². The van der Waals surface area contributed by atoms with Crippen LogP contribution in [-0.4, -0.2) is 61.6 Å². The van der Waals surface area contributed by atoms with Crippen molar-refractivity contribution >= 4 is 17.2 Å². The predicted molar refractivity (Wildman–Crippen MR) is 87.6 cm³/mol. The molecule has 3 aliphatic rings. The van der Waals surface area contributed by atoms with Gasteiger partial charge in [-0.05, 0) is 38.3 Å². The Morgan fingerprint density at radius 3 is 3.00 bits per heavy atom. The first-order valence-corrected chi connectivity index (χ1v) is 9.27. The lowest BCUT2D eigenvalue weighted by atomic mass is 9.95. The fourth-order valence-electron chi connectivity index (χ4n) is 4.06. The maximum Gasteiger partial charge on any atom is 0.255 e. The number of hydrogen-bond donors (Lipinski definition) is 0. The summed E-state index contributed by atoms with van der Waals surface area (Å²) in [6.45, 7) is 4.21. The summed E-state index contributed by atoms with van der Waals surface area (Å²) in [5.74, 6) is 0.697. The van der Waals surface area contributed by atoms with Crippen molar-refractivity contribution in [1.82, 2.24) is 9.80 Å². The predicted octanol–water partition coefficient (Wildman–Crippen LogP) is 2.03. The van der Waals surface area contributed by atoms with Crippen LogP contribution in [0.3, 0.4) is 0 Å². The highest BCUT2D eigenvalue weighted by Gasteiger charge is 2.34. The fourth-order valence-corrected chi connectivity index (χ4v) is 5.18. The molecule has 1 aromatic rings. The van der Waals surface area contributed by atoms with Gasteiger partial charge in [0, 0.05) is 35.8 Å². The Hall–Kier alpha value is -0.910. The standard InChI is InChI=1S/C17H24N2O2S/c1-18-6-12-7-19(8-13(18)10-21-9-12)17(20)15-11-22-16-5-3-2-4-14(15)16/h11-13H,2-10H2,1H3/t12-,13+/m1/s1. The molecule has 1 amide bonds. The van der Waals surface area contributed by atoms with Gasteiger partial charge >= 0.3 is 0 Å². The van der Waals surface area contributed by atoms with Gasteiger partial charge in [0.1, 0.15) is 0 Å². The molecule has 1 aliphatic carbocycles. The molecule has 0 saturated carbocycles. The largest absolute Gasteiger partial charge is 0.379 e. The lowest BCUT2D eigenvalue weighted by molar-refractivity contribution is 0.0433. The molecule has 2 saturated heterocycles. The summed E-state index contributed by atoms with van der Waals surface area (Å²) in [6.07, 6.45) is 4.75. The molecule has 4 nitrogen and oxygen atoms in total. The van der Waals surface area contributed by atoms with Crippen LogP contribution in [0.1, 0.15) is 33.6 Å². The number of ether oxygens (including phenoxy) is 1. The minimum atomic E-state index is 0.256. The molecule has 0 radical (unpaired) electrons. The number of nitrogens with zero attached hydrogens (tertiary/aromatic N) is 2. The minimum Gasteiger partial charge on any atom is -0.379 e. The number of fused-ring (bicyclic) bond motifs is 4. The number of hydrogen-bond acceptors (Lipinski definition) is 4. The van der Waals surface area contributed by atoms with Crippen LogP contribution in [0.15, 0.2) is 5.38 Å². The van der Waals surface area contributed by atoms with Crippen LogP contribution in [0.25, 0.3) is 0 Å². The van der Waals surface area contributed by atoms with Crippen molar-refractivity contribution in [2.45, 2.75) is 31.7 Å². The molecular formula is C17H24N2O2S. The Bertz CT molecular complexity index is 571. The highest BCUT2D eigenvalue weighted by molar-refractivity contribution is 7.10. The molecular weight excluding hydrogens is 296 g/mol. The summed E-state index contributed by atoms with van der Waals surface area (Å²) in [7, 11) is 2.16.